The first-order valence-corrected chi connectivity index (χ1v) is 6.45. The van der Waals surface area contributed by atoms with Gasteiger partial charge in [-0.25, -0.2) is 0 Å². The van der Waals surface area contributed by atoms with Gasteiger partial charge in [-0.15, -0.1) is 0 Å². The van der Waals surface area contributed by atoms with Crippen LogP contribution in [0.2, 0.25) is 0 Å². The van der Waals surface area contributed by atoms with Gasteiger partial charge in [0.15, 0.2) is 0 Å². The van der Waals surface area contributed by atoms with E-state index in [0.717, 1.165) is 12.1 Å². The van der Waals surface area contributed by atoms with Crippen LogP contribution in [0.4, 0.5) is 0 Å². The zero-order valence-electron chi connectivity index (χ0n) is 11.7. The van der Waals surface area contributed by atoms with E-state index in [9.17, 15) is 10.2 Å². The average Bonchev–Trinajstić information content (AvgIpc) is 2.32. The van der Waals surface area contributed by atoms with Gasteiger partial charge in [0.2, 0.25) is 0 Å². The molecule has 0 fully saturated rings. The van der Waals surface area contributed by atoms with Crippen molar-refractivity contribution in [1.29, 1.82) is 0 Å². The molecule has 1 heterocycles. The standard InChI is InChI=1S/C14H24N2O2/c1-5-10(2)14(4,18)9-15-8-12-13(17)7-6-11(3)16-12/h6-7,10,15,17-18H,5,8-9H2,1-4H3. The predicted octanol–water partition coefficient (Wildman–Crippen LogP) is 1.98. The molecule has 4 heteroatoms. The summed E-state index contributed by atoms with van der Waals surface area (Å²) in [5, 5.41) is 23.0. The molecule has 102 valence electrons. The summed E-state index contributed by atoms with van der Waals surface area (Å²) < 4.78 is 0. The van der Waals surface area contributed by atoms with Crippen molar-refractivity contribution < 1.29 is 10.2 Å². The summed E-state index contributed by atoms with van der Waals surface area (Å²) in [6.07, 6.45) is 0.933. The lowest BCUT2D eigenvalue weighted by Crippen LogP contribution is -2.42. The fraction of sp³-hybridized carbons (Fsp3) is 0.643. The largest absolute Gasteiger partial charge is 0.506 e. The van der Waals surface area contributed by atoms with Crippen molar-refractivity contribution in [3.05, 3.63) is 23.5 Å². The van der Waals surface area contributed by atoms with Crippen LogP contribution >= 0.6 is 0 Å². The first-order valence-electron chi connectivity index (χ1n) is 6.45. The number of aryl methyl sites for hydroxylation is 1. The van der Waals surface area contributed by atoms with Gasteiger partial charge in [0.1, 0.15) is 5.75 Å². The normalized spacial score (nSPS) is 16.3. The van der Waals surface area contributed by atoms with Crippen molar-refractivity contribution in [3.8, 4) is 5.75 Å². The molecule has 0 saturated heterocycles. The van der Waals surface area contributed by atoms with Gasteiger partial charge in [0.25, 0.3) is 0 Å². The molecule has 2 unspecified atom stereocenters. The fourth-order valence-electron chi connectivity index (χ4n) is 1.78. The molecule has 0 aliphatic carbocycles. The Morgan fingerprint density at radius 2 is 2.11 bits per heavy atom. The van der Waals surface area contributed by atoms with Crippen molar-refractivity contribution in [1.82, 2.24) is 10.3 Å². The van der Waals surface area contributed by atoms with E-state index in [1.165, 1.54) is 0 Å². The molecule has 3 N–H and O–H groups in total. The van der Waals surface area contributed by atoms with Gasteiger partial charge in [0.05, 0.1) is 11.3 Å². The summed E-state index contributed by atoms with van der Waals surface area (Å²) >= 11 is 0. The topological polar surface area (TPSA) is 65.4 Å². The van der Waals surface area contributed by atoms with Crippen molar-refractivity contribution in [2.24, 2.45) is 5.92 Å². The number of rotatable bonds is 6. The molecule has 0 saturated carbocycles. The van der Waals surface area contributed by atoms with Crippen LogP contribution in [0.25, 0.3) is 0 Å². The second kappa shape index (κ2) is 6.16. The SMILES string of the molecule is CCC(C)C(C)(O)CNCc1nc(C)ccc1O. The Kier molecular flexibility index (Phi) is 5.11. The number of aromatic hydroxyl groups is 1. The van der Waals surface area contributed by atoms with Gasteiger partial charge in [-0.1, -0.05) is 20.3 Å². The molecular weight excluding hydrogens is 228 g/mol. The third-order valence-electron chi connectivity index (χ3n) is 3.54. The fourth-order valence-corrected chi connectivity index (χ4v) is 1.78. The Morgan fingerprint density at radius 1 is 1.44 bits per heavy atom. The van der Waals surface area contributed by atoms with E-state index >= 15 is 0 Å². The molecule has 0 aliphatic rings. The van der Waals surface area contributed by atoms with Crippen molar-refractivity contribution in [2.75, 3.05) is 6.54 Å². The number of aromatic nitrogens is 1. The minimum Gasteiger partial charge on any atom is -0.506 e. The van der Waals surface area contributed by atoms with Crippen molar-refractivity contribution in [3.63, 3.8) is 0 Å². The Morgan fingerprint density at radius 3 is 2.72 bits per heavy atom. The highest BCUT2D eigenvalue weighted by atomic mass is 16.3. The highest BCUT2D eigenvalue weighted by Crippen LogP contribution is 2.19. The zero-order chi connectivity index (χ0) is 13.8. The van der Waals surface area contributed by atoms with Crippen LogP contribution in [0, 0.1) is 12.8 Å². The highest BCUT2D eigenvalue weighted by Gasteiger charge is 2.26. The first kappa shape index (κ1) is 14.9. The summed E-state index contributed by atoms with van der Waals surface area (Å²) in [6, 6.07) is 3.42. The Bertz CT molecular complexity index is 391. The van der Waals surface area contributed by atoms with E-state index in [1.807, 2.05) is 20.8 Å². The third kappa shape index (κ3) is 3.96. The smallest absolute Gasteiger partial charge is 0.138 e. The summed E-state index contributed by atoms with van der Waals surface area (Å²) in [4.78, 5) is 4.26. The monoisotopic (exact) mass is 252 g/mol. The second-order valence-electron chi connectivity index (χ2n) is 5.19. The summed E-state index contributed by atoms with van der Waals surface area (Å²) in [6.45, 7) is 8.75. The minimum atomic E-state index is -0.742. The summed E-state index contributed by atoms with van der Waals surface area (Å²) in [7, 11) is 0. The van der Waals surface area contributed by atoms with E-state index in [-0.39, 0.29) is 11.7 Å². The average molecular weight is 252 g/mol. The minimum absolute atomic E-state index is 0.191. The van der Waals surface area contributed by atoms with E-state index in [4.69, 9.17) is 0 Å². The number of aliphatic hydroxyl groups is 1. The molecule has 1 aromatic heterocycles. The predicted molar refractivity (Wildman–Crippen MR) is 72.4 cm³/mol. The Labute approximate surface area is 109 Å². The number of pyridine rings is 1. The molecular formula is C14H24N2O2. The molecule has 1 aromatic rings. The number of nitrogens with zero attached hydrogens (tertiary/aromatic N) is 1. The van der Waals surface area contributed by atoms with E-state index < -0.39 is 5.60 Å². The quantitative estimate of drug-likeness (QED) is 0.724. The molecule has 0 radical (unpaired) electrons. The van der Waals surface area contributed by atoms with Crippen LogP contribution in [0.1, 0.15) is 38.6 Å². The van der Waals surface area contributed by atoms with Gasteiger partial charge in [-0.3, -0.25) is 4.98 Å². The molecule has 0 bridgehead atoms. The summed E-state index contributed by atoms with van der Waals surface area (Å²) in [5.41, 5.74) is 0.752. The molecule has 0 aromatic carbocycles. The summed E-state index contributed by atoms with van der Waals surface area (Å²) in [5.74, 6) is 0.417. The maximum Gasteiger partial charge on any atom is 0.138 e. The first-order chi connectivity index (χ1) is 8.36. The van der Waals surface area contributed by atoms with E-state index in [2.05, 4.69) is 17.2 Å². The molecule has 2 atom stereocenters. The van der Waals surface area contributed by atoms with Gasteiger partial charge in [0, 0.05) is 18.8 Å². The molecule has 18 heavy (non-hydrogen) atoms. The molecule has 1 rings (SSSR count). The van der Waals surface area contributed by atoms with Crippen LogP contribution < -0.4 is 5.32 Å². The van der Waals surface area contributed by atoms with Gasteiger partial charge in [-0.2, -0.15) is 0 Å². The third-order valence-corrected chi connectivity index (χ3v) is 3.54. The van der Waals surface area contributed by atoms with Crippen LogP contribution in [0.3, 0.4) is 0 Å². The van der Waals surface area contributed by atoms with E-state index in [1.54, 1.807) is 12.1 Å². The lowest BCUT2D eigenvalue weighted by molar-refractivity contribution is 0.00524. The number of nitrogens with one attached hydrogen (secondary N) is 1. The van der Waals surface area contributed by atoms with Gasteiger partial charge < -0.3 is 15.5 Å². The highest BCUT2D eigenvalue weighted by molar-refractivity contribution is 5.27. The molecule has 4 nitrogen and oxygen atoms in total. The lowest BCUT2D eigenvalue weighted by atomic mass is 9.88. The van der Waals surface area contributed by atoms with E-state index in [0.29, 0.717) is 18.8 Å². The van der Waals surface area contributed by atoms with Crippen LogP contribution in [0.5, 0.6) is 5.75 Å². The maximum atomic E-state index is 10.2. The van der Waals surface area contributed by atoms with Gasteiger partial charge >= 0.3 is 0 Å². The Hall–Kier alpha value is -1.13. The lowest BCUT2D eigenvalue weighted by Gasteiger charge is -2.29. The Balaban J connectivity index is 2.53. The molecule has 0 spiro atoms. The van der Waals surface area contributed by atoms with Crippen LogP contribution in [-0.4, -0.2) is 27.3 Å². The van der Waals surface area contributed by atoms with Crippen molar-refractivity contribution >= 4 is 0 Å². The zero-order valence-corrected chi connectivity index (χ0v) is 11.7. The number of hydrogen-bond donors (Lipinski definition) is 3. The maximum absolute atomic E-state index is 10.2. The molecule has 0 amide bonds. The number of hydrogen-bond acceptors (Lipinski definition) is 4. The molecule has 0 aliphatic heterocycles. The van der Waals surface area contributed by atoms with Gasteiger partial charge in [-0.05, 0) is 31.9 Å². The second-order valence-corrected chi connectivity index (χ2v) is 5.19. The van der Waals surface area contributed by atoms with Crippen LogP contribution in [-0.2, 0) is 6.54 Å². The van der Waals surface area contributed by atoms with Crippen molar-refractivity contribution in [2.45, 2.75) is 46.3 Å². The van der Waals surface area contributed by atoms with Crippen LogP contribution in [0.15, 0.2) is 12.1 Å².